The van der Waals surface area contributed by atoms with Crippen molar-refractivity contribution in [3.8, 4) is 22.4 Å². The Hall–Kier alpha value is -3.84. The van der Waals surface area contributed by atoms with Gasteiger partial charge in [-0.05, 0) is 35.2 Å². The molecule has 0 unspecified atom stereocenters. The molecule has 172 valence electrons. The minimum atomic E-state index is -1.02. The topological polar surface area (TPSA) is 70.5 Å². The molecule has 1 heterocycles. The number of halogens is 1. The van der Waals surface area contributed by atoms with E-state index in [1.807, 2.05) is 66.0 Å². The fraction of sp³-hybridized carbons (Fsp3) is 0.148. The van der Waals surface area contributed by atoms with Crippen LogP contribution in [0.3, 0.4) is 0 Å². The molecule has 0 saturated carbocycles. The van der Waals surface area contributed by atoms with E-state index in [-0.39, 0.29) is 18.1 Å². The molecule has 1 amide bonds. The van der Waals surface area contributed by atoms with E-state index in [2.05, 4.69) is 4.98 Å². The quantitative estimate of drug-likeness (QED) is 0.345. The Morgan fingerprint density at radius 1 is 1.00 bits per heavy atom. The van der Waals surface area contributed by atoms with Crippen LogP contribution in [0.1, 0.15) is 12.0 Å². The Morgan fingerprint density at radius 3 is 2.41 bits per heavy atom. The van der Waals surface area contributed by atoms with Gasteiger partial charge in [-0.1, -0.05) is 66.7 Å². The average Bonchev–Trinajstić information content (AvgIpc) is 3.33. The lowest BCUT2D eigenvalue weighted by Gasteiger charge is -2.21. The minimum Gasteiger partial charge on any atom is -0.481 e. The summed E-state index contributed by atoms with van der Waals surface area (Å²) in [6, 6.07) is 23.3. The Bertz CT molecular complexity index is 1310. The van der Waals surface area contributed by atoms with Crippen LogP contribution in [0.15, 0.2) is 84.2 Å². The second kappa shape index (κ2) is 10.4. The molecular formula is C27H23FN2O3S. The number of carboxylic acid groups (broad SMARTS) is 1. The number of amides is 1. The summed E-state index contributed by atoms with van der Waals surface area (Å²) in [5, 5.41) is 11.7. The molecule has 0 aliphatic rings. The SMILES string of the molecule is CN(C(=O)[C@@H](CC(=O)O)Cc1ccccc1)c1nc(-c2ccccc2-c2cccc(F)c2)cs1. The van der Waals surface area contributed by atoms with Crippen LogP contribution in [0.2, 0.25) is 0 Å². The highest BCUT2D eigenvalue weighted by Gasteiger charge is 2.27. The van der Waals surface area contributed by atoms with Gasteiger partial charge in [-0.3, -0.25) is 14.5 Å². The van der Waals surface area contributed by atoms with E-state index in [0.29, 0.717) is 17.2 Å². The van der Waals surface area contributed by atoms with E-state index in [9.17, 15) is 19.1 Å². The van der Waals surface area contributed by atoms with Crippen molar-refractivity contribution in [2.45, 2.75) is 12.8 Å². The van der Waals surface area contributed by atoms with Crippen LogP contribution in [0.4, 0.5) is 9.52 Å². The van der Waals surface area contributed by atoms with E-state index in [1.54, 1.807) is 13.1 Å². The van der Waals surface area contributed by atoms with Crippen LogP contribution in [-0.4, -0.2) is 29.0 Å². The predicted octanol–water partition coefficient (Wildman–Crippen LogP) is 5.91. The van der Waals surface area contributed by atoms with Crippen LogP contribution in [0.5, 0.6) is 0 Å². The van der Waals surface area contributed by atoms with Gasteiger partial charge in [0.15, 0.2) is 5.13 Å². The zero-order valence-electron chi connectivity index (χ0n) is 18.5. The van der Waals surface area contributed by atoms with E-state index < -0.39 is 11.9 Å². The van der Waals surface area contributed by atoms with Gasteiger partial charge >= 0.3 is 5.97 Å². The first-order valence-electron chi connectivity index (χ1n) is 10.8. The summed E-state index contributed by atoms with van der Waals surface area (Å²) in [6.07, 6.45) is 0.0651. The molecule has 0 aliphatic heterocycles. The standard InChI is InChI=1S/C27H23FN2O3S/c1-30(26(33)20(16-25(31)32)14-18-8-3-2-4-9-18)27-29-24(17-34-27)23-13-6-5-12-22(23)19-10-7-11-21(28)15-19/h2-13,15,17,20H,14,16H2,1H3,(H,31,32)/t20-/m1/s1. The maximum absolute atomic E-state index is 13.8. The third-order valence-electron chi connectivity index (χ3n) is 5.54. The van der Waals surface area contributed by atoms with Crippen molar-refractivity contribution >= 4 is 28.3 Å². The summed E-state index contributed by atoms with van der Waals surface area (Å²) in [7, 11) is 1.61. The Balaban J connectivity index is 1.60. The summed E-state index contributed by atoms with van der Waals surface area (Å²) in [6.45, 7) is 0. The van der Waals surface area contributed by atoms with Crippen molar-refractivity contribution in [2.24, 2.45) is 5.92 Å². The van der Waals surface area contributed by atoms with Crippen LogP contribution in [0.25, 0.3) is 22.4 Å². The molecule has 0 aliphatic carbocycles. The highest BCUT2D eigenvalue weighted by molar-refractivity contribution is 7.14. The Kier molecular flexibility index (Phi) is 7.13. The van der Waals surface area contributed by atoms with Crippen molar-refractivity contribution in [2.75, 3.05) is 11.9 Å². The summed E-state index contributed by atoms with van der Waals surface area (Å²) in [4.78, 5) is 30.8. The summed E-state index contributed by atoms with van der Waals surface area (Å²) < 4.78 is 13.8. The number of aromatic nitrogens is 1. The number of aliphatic carboxylic acids is 1. The van der Waals surface area contributed by atoms with Gasteiger partial charge < -0.3 is 5.11 Å². The van der Waals surface area contributed by atoms with Crippen LogP contribution in [-0.2, 0) is 16.0 Å². The molecule has 5 nitrogen and oxygen atoms in total. The molecule has 0 saturated heterocycles. The van der Waals surface area contributed by atoms with Crippen molar-refractivity contribution in [3.63, 3.8) is 0 Å². The highest BCUT2D eigenvalue weighted by Crippen LogP contribution is 2.35. The molecule has 0 bridgehead atoms. The van der Waals surface area contributed by atoms with E-state index in [0.717, 1.165) is 22.3 Å². The first kappa shape index (κ1) is 23.3. The van der Waals surface area contributed by atoms with Crippen molar-refractivity contribution in [1.82, 2.24) is 4.98 Å². The summed E-state index contributed by atoms with van der Waals surface area (Å²) >= 11 is 1.30. The number of carboxylic acids is 1. The molecular weight excluding hydrogens is 451 g/mol. The summed E-state index contributed by atoms with van der Waals surface area (Å²) in [5.41, 5.74) is 3.96. The lowest BCUT2D eigenvalue weighted by atomic mass is 9.95. The number of benzene rings is 3. The van der Waals surface area contributed by atoms with Gasteiger partial charge in [0.1, 0.15) is 5.82 Å². The van der Waals surface area contributed by atoms with Crippen molar-refractivity contribution < 1.29 is 19.1 Å². The monoisotopic (exact) mass is 474 g/mol. The molecule has 0 radical (unpaired) electrons. The van der Waals surface area contributed by atoms with Crippen molar-refractivity contribution in [3.05, 3.63) is 95.6 Å². The zero-order valence-corrected chi connectivity index (χ0v) is 19.3. The molecule has 0 fully saturated rings. The normalized spacial score (nSPS) is 11.7. The van der Waals surface area contributed by atoms with Gasteiger partial charge in [0.05, 0.1) is 18.0 Å². The fourth-order valence-corrected chi connectivity index (χ4v) is 4.68. The number of rotatable bonds is 8. The lowest BCUT2D eigenvalue weighted by Crippen LogP contribution is -2.35. The maximum atomic E-state index is 13.8. The first-order chi connectivity index (χ1) is 16.4. The maximum Gasteiger partial charge on any atom is 0.304 e. The second-order valence-corrected chi connectivity index (χ2v) is 8.79. The van der Waals surface area contributed by atoms with Crippen LogP contribution < -0.4 is 4.90 Å². The van der Waals surface area contributed by atoms with E-state index >= 15 is 0 Å². The van der Waals surface area contributed by atoms with E-state index in [1.165, 1.54) is 28.4 Å². The van der Waals surface area contributed by atoms with Gasteiger partial charge in [-0.15, -0.1) is 11.3 Å². The van der Waals surface area contributed by atoms with Gasteiger partial charge in [0.2, 0.25) is 5.91 Å². The largest absolute Gasteiger partial charge is 0.481 e. The molecule has 7 heteroatoms. The van der Waals surface area contributed by atoms with Crippen molar-refractivity contribution in [1.29, 1.82) is 0 Å². The van der Waals surface area contributed by atoms with Gasteiger partial charge in [-0.2, -0.15) is 0 Å². The Morgan fingerprint density at radius 2 is 1.71 bits per heavy atom. The zero-order chi connectivity index (χ0) is 24.1. The molecule has 0 spiro atoms. The second-order valence-electron chi connectivity index (χ2n) is 7.95. The van der Waals surface area contributed by atoms with Crippen LogP contribution >= 0.6 is 11.3 Å². The first-order valence-corrected chi connectivity index (χ1v) is 11.6. The highest BCUT2D eigenvalue weighted by atomic mass is 32.1. The molecule has 3 aromatic carbocycles. The molecule has 4 rings (SSSR count). The third kappa shape index (κ3) is 5.38. The van der Waals surface area contributed by atoms with Crippen LogP contribution in [0, 0.1) is 11.7 Å². The minimum absolute atomic E-state index is 0.265. The van der Waals surface area contributed by atoms with Gasteiger partial charge in [0, 0.05) is 18.0 Å². The number of carbonyl (C=O) groups is 2. The predicted molar refractivity (Wildman–Crippen MR) is 132 cm³/mol. The van der Waals surface area contributed by atoms with E-state index in [4.69, 9.17) is 0 Å². The van der Waals surface area contributed by atoms with Gasteiger partial charge in [0.25, 0.3) is 0 Å². The summed E-state index contributed by atoms with van der Waals surface area (Å²) in [5.74, 6) is -2.35. The number of hydrogen-bond acceptors (Lipinski definition) is 4. The smallest absolute Gasteiger partial charge is 0.304 e. The molecule has 4 aromatic rings. The Labute approximate surface area is 201 Å². The number of nitrogens with zero attached hydrogens (tertiary/aromatic N) is 2. The third-order valence-corrected chi connectivity index (χ3v) is 6.46. The molecule has 1 atom stereocenters. The fourth-order valence-electron chi connectivity index (χ4n) is 3.88. The number of carbonyl (C=O) groups excluding carboxylic acids is 1. The number of anilines is 1. The molecule has 34 heavy (non-hydrogen) atoms. The number of hydrogen-bond donors (Lipinski definition) is 1. The van der Waals surface area contributed by atoms with Gasteiger partial charge in [-0.25, -0.2) is 9.37 Å². The average molecular weight is 475 g/mol. The molecule has 1 N–H and O–H groups in total. The molecule has 1 aromatic heterocycles. The lowest BCUT2D eigenvalue weighted by molar-refractivity contribution is -0.140. The number of thiazole rings is 1.